The molecule has 0 aliphatic rings. The first-order valence-electron chi connectivity index (χ1n) is 11.2. The van der Waals surface area contributed by atoms with Gasteiger partial charge in [0.25, 0.3) is 7.44 Å². The maximum atomic E-state index is 12.2. The van der Waals surface area contributed by atoms with Gasteiger partial charge in [-0.2, -0.15) is 4.98 Å². The van der Waals surface area contributed by atoms with Gasteiger partial charge in [0.1, 0.15) is 0 Å². The molecule has 0 saturated heterocycles. The van der Waals surface area contributed by atoms with Crippen LogP contribution in [-0.2, 0) is 6.54 Å². The number of ether oxygens (including phenoxy) is 1. The van der Waals surface area contributed by atoms with E-state index in [1.807, 2.05) is 60.0 Å². The number of carboxylic acid groups (broad SMARTS) is 1. The SMILES string of the molecule is [2H]OC(=O)c1cccc2nc(OCC)n(Cc3ccc(-c4ccccc4-c4nnnn4[2H])cc3)c12. The monoisotopic (exact) mass is 442 g/mol. The molecule has 0 spiro atoms. The molecule has 0 radical (unpaired) electrons. The molecule has 5 rings (SSSR count). The summed E-state index contributed by atoms with van der Waals surface area (Å²) >= 11 is 0. The zero-order valence-corrected chi connectivity index (χ0v) is 17.7. The molecule has 2 heterocycles. The van der Waals surface area contributed by atoms with E-state index in [1.54, 1.807) is 18.2 Å². The Morgan fingerprint density at radius 2 is 1.94 bits per heavy atom. The van der Waals surface area contributed by atoms with Crippen molar-refractivity contribution < 1.29 is 16.1 Å². The van der Waals surface area contributed by atoms with Crippen molar-refractivity contribution in [3.05, 3.63) is 77.9 Å². The molecule has 0 aliphatic heterocycles. The summed E-state index contributed by atoms with van der Waals surface area (Å²) in [6.07, 6.45) is 0. The Balaban J connectivity index is 1.53. The third kappa shape index (κ3) is 3.80. The smallest absolute Gasteiger partial charge is 0.337 e. The number of hydrogen-bond acceptors (Lipinski definition) is 7. The molecule has 33 heavy (non-hydrogen) atoms. The topological polar surface area (TPSA) is 119 Å². The van der Waals surface area contributed by atoms with Crippen molar-refractivity contribution in [2.45, 2.75) is 13.5 Å². The van der Waals surface area contributed by atoms with E-state index in [1.165, 1.54) is 0 Å². The van der Waals surface area contributed by atoms with Crippen molar-refractivity contribution in [2.75, 3.05) is 6.61 Å². The summed E-state index contributed by atoms with van der Waals surface area (Å²) in [4.78, 5) is 16.8. The zero-order chi connectivity index (χ0) is 24.4. The van der Waals surface area contributed by atoms with Crippen LogP contribution in [0.2, 0.25) is 1.41 Å². The van der Waals surface area contributed by atoms with Gasteiger partial charge in [-0.05, 0) is 46.2 Å². The minimum atomic E-state index is -0.761. The highest BCUT2D eigenvalue weighted by Crippen LogP contribution is 2.31. The number of aromatic amines is 1. The molecule has 0 saturated carbocycles. The predicted molar refractivity (Wildman–Crippen MR) is 122 cm³/mol. The molecule has 9 heteroatoms. The number of nitrogens with zero attached hydrogens (tertiary/aromatic N) is 5. The van der Waals surface area contributed by atoms with Gasteiger partial charge < -0.3 is 9.85 Å². The van der Waals surface area contributed by atoms with Crippen LogP contribution < -0.4 is 4.74 Å². The van der Waals surface area contributed by atoms with Crippen LogP contribution in [-0.4, -0.2) is 47.9 Å². The quantitative estimate of drug-likeness (QED) is 0.391. The molecule has 0 amide bonds. The van der Waals surface area contributed by atoms with Crippen LogP contribution in [0.15, 0.2) is 66.7 Å². The van der Waals surface area contributed by atoms with Gasteiger partial charge in [-0.25, -0.2) is 9.89 Å². The normalized spacial score (nSPS) is 11.8. The van der Waals surface area contributed by atoms with Gasteiger partial charge in [-0.15, -0.1) is 5.10 Å². The number of benzene rings is 3. The maximum absolute atomic E-state index is 12.2. The van der Waals surface area contributed by atoms with E-state index in [0.717, 1.165) is 27.3 Å². The minimum Gasteiger partial charge on any atom is -0.478 e. The zero-order valence-electron chi connectivity index (χ0n) is 19.7. The Morgan fingerprint density at radius 3 is 2.67 bits per heavy atom. The van der Waals surface area contributed by atoms with Gasteiger partial charge in [-0.1, -0.05) is 54.6 Å². The molecular weight excluding hydrogens is 420 g/mol. The number of aromatic nitrogens is 6. The summed E-state index contributed by atoms with van der Waals surface area (Å²) in [5, 5.41) is 16.3. The van der Waals surface area contributed by atoms with E-state index in [-0.39, 0.29) is 5.56 Å². The van der Waals surface area contributed by atoms with E-state index >= 15 is 0 Å². The summed E-state index contributed by atoms with van der Waals surface area (Å²) in [6, 6.07) is 21.0. The molecule has 3 aromatic carbocycles. The number of para-hydroxylation sites is 1. The second-order valence-corrected chi connectivity index (χ2v) is 7.32. The second kappa shape index (κ2) is 8.54. The number of H-pyrrole nitrogens is 1. The number of fused-ring (bicyclic) bond motifs is 1. The molecule has 2 N–H and O–H groups in total. The number of carboxylic acids is 1. The van der Waals surface area contributed by atoms with Crippen molar-refractivity contribution in [1.82, 2.24) is 30.2 Å². The highest BCUT2D eigenvalue weighted by Gasteiger charge is 2.19. The maximum Gasteiger partial charge on any atom is 0.337 e. The molecule has 0 atom stereocenters. The van der Waals surface area contributed by atoms with Crippen LogP contribution in [0.5, 0.6) is 6.01 Å². The van der Waals surface area contributed by atoms with E-state index in [2.05, 4.69) is 25.6 Å². The third-order valence-corrected chi connectivity index (χ3v) is 5.32. The first-order valence-corrected chi connectivity index (χ1v) is 10.4. The highest BCUT2D eigenvalue weighted by atomic mass is 16.5. The van der Waals surface area contributed by atoms with Gasteiger partial charge in [0, 0.05) is 5.56 Å². The molecule has 0 fully saturated rings. The summed E-state index contributed by atoms with van der Waals surface area (Å²) in [5.74, 6) is -0.409. The largest absolute Gasteiger partial charge is 0.478 e. The first-order chi connectivity index (χ1) is 17.1. The lowest BCUT2D eigenvalue weighted by molar-refractivity contribution is 0.0698. The second-order valence-electron chi connectivity index (χ2n) is 7.32. The fourth-order valence-corrected chi connectivity index (χ4v) is 3.87. The van der Waals surface area contributed by atoms with E-state index in [9.17, 15) is 4.79 Å². The molecule has 2 aromatic heterocycles. The van der Waals surface area contributed by atoms with Crippen LogP contribution in [0, 0.1) is 0 Å². The number of nitrogens with one attached hydrogen (secondary N) is 1. The van der Waals surface area contributed by atoms with Gasteiger partial charge >= 0.3 is 5.97 Å². The van der Waals surface area contributed by atoms with E-state index < -0.39 is 5.97 Å². The van der Waals surface area contributed by atoms with Crippen LogP contribution in [0.4, 0.5) is 0 Å². The first kappa shape index (κ1) is 18.1. The number of aromatic carboxylic acids is 1. The third-order valence-electron chi connectivity index (χ3n) is 5.32. The molecule has 164 valence electrons. The van der Waals surface area contributed by atoms with Crippen molar-refractivity contribution in [3.63, 3.8) is 0 Å². The van der Waals surface area contributed by atoms with Crippen molar-refractivity contribution in [3.8, 4) is 28.5 Å². The molecule has 0 unspecified atom stereocenters. The Hall–Kier alpha value is -4.53. The van der Waals surface area contributed by atoms with Gasteiger partial charge in [0.15, 0.2) is 7.24 Å². The average Bonchev–Trinajstić information content (AvgIpc) is 3.47. The molecular formula is C24H20N6O3. The summed E-state index contributed by atoms with van der Waals surface area (Å²) in [5.41, 5.74) is 4.90. The molecule has 5 aromatic rings. The lowest BCUT2D eigenvalue weighted by Gasteiger charge is -2.12. The Kier molecular flexibility index (Phi) is 4.68. The summed E-state index contributed by atoms with van der Waals surface area (Å²) < 4.78 is 22.5. The standard InChI is InChI=1S/C24H20N6O3/c1-2-33-24-25-20-9-5-8-19(23(31)32)21(20)30(24)14-15-10-12-16(13-11-15)17-6-3-4-7-18(17)22-26-28-29-27-22/h3-13H,2,14H2,1H3,(H,31,32)(H,26,27,28,29)/i/hD2. The van der Waals surface area contributed by atoms with Crippen LogP contribution >= 0.6 is 0 Å². The van der Waals surface area contributed by atoms with Gasteiger partial charge in [0.05, 0.1) is 29.7 Å². The molecule has 0 aliphatic carbocycles. The van der Waals surface area contributed by atoms with Crippen LogP contribution in [0.3, 0.4) is 0 Å². The number of rotatable bonds is 7. The van der Waals surface area contributed by atoms with Crippen molar-refractivity contribution in [1.29, 1.82) is 1.43 Å². The average molecular weight is 442 g/mol. The van der Waals surface area contributed by atoms with E-state index in [0.29, 0.717) is 36.0 Å². The van der Waals surface area contributed by atoms with Gasteiger partial charge in [0.2, 0.25) is 0 Å². The Bertz CT molecular complexity index is 1510. The number of tetrazole rings is 1. The van der Waals surface area contributed by atoms with Gasteiger partial charge in [-0.3, -0.25) is 4.57 Å². The Morgan fingerprint density at radius 1 is 1.12 bits per heavy atom. The van der Waals surface area contributed by atoms with Crippen LogP contribution in [0.25, 0.3) is 35.0 Å². The Labute approximate surface area is 191 Å². The summed E-state index contributed by atoms with van der Waals surface area (Å²) in [7, 11) is 0. The molecule has 9 nitrogen and oxygen atoms in total. The minimum absolute atomic E-state index is 0.245. The van der Waals surface area contributed by atoms with Crippen molar-refractivity contribution >= 4 is 17.0 Å². The highest BCUT2D eigenvalue weighted by molar-refractivity contribution is 6.01. The van der Waals surface area contributed by atoms with Crippen molar-refractivity contribution in [2.24, 2.45) is 0 Å². The molecule has 0 bridgehead atoms. The summed E-state index contributed by atoms with van der Waals surface area (Å²) in [6.45, 7) is 2.66. The fourth-order valence-electron chi connectivity index (χ4n) is 3.87. The lowest BCUT2D eigenvalue weighted by atomic mass is 9.98. The fraction of sp³-hybridized carbons (Fsp3) is 0.125. The number of imidazole rings is 1. The number of hydrogen-bond donors (Lipinski definition) is 2. The predicted octanol–water partition coefficient (Wildman–Crippen LogP) is 4.03. The lowest BCUT2D eigenvalue weighted by Crippen LogP contribution is -2.08. The number of carbonyl (C=O) groups is 1. The van der Waals surface area contributed by atoms with Crippen LogP contribution in [0.1, 0.15) is 22.8 Å². The van der Waals surface area contributed by atoms with E-state index in [4.69, 9.17) is 7.58 Å².